The monoisotopic (exact) mass is 340 g/mol. The normalized spacial score (nSPS) is 12.1. The van der Waals surface area contributed by atoms with E-state index in [9.17, 15) is 4.21 Å². The van der Waals surface area contributed by atoms with E-state index in [1.807, 2.05) is 62.3 Å². The third kappa shape index (κ3) is 3.38. The van der Waals surface area contributed by atoms with Crippen LogP contribution in [0.3, 0.4) is 0 Å². The Morgan fingerprint density at radius 1 is 1.12 bits per heavy atom. The lowest BCUT2D eigenvalue weighted by Crippen LogP contribution is -2.13. The third-order valence-electron chi connectivity index (χ3n) is 3.72. The van der Waals surface area contributed by atoms with Crippen molar-refractivity contribution in [2.75, 3.05) is 19.0 Å². The quantitative estimate of drug-likeness (QED) is 0.716. The zero-order chi connectivity index (χ0) is 17.1. The summed E-state index contributed by atoms with van der Waals surface area (Å²) in [6.07, 6.45) is 5.21. The Bertz CT molecular complexity index is 873. The Hall–Kier alpha value is -2.47. The highest BCUT2D eigenvalue weighted by Crippen LogP contribution is 2.22. The number of hydrogen-bond donors (Lipinski definition) is 0. The minimum atomic E-state index is -1.26. The molecule has 2 aromatic heterocycles. The second kappa shape index (κ2) is 6.97. The fourth-order valence-electron chi connectivity index (χ4n) is 2.56. The molecule has 1 atom stereocenters. The van der Waals surface area contributed by atoms with Crippen molar-refractivity contribution in [2.45, 2.75) is 17.8 Å². The van der Waals surface area contributed by atoms with Gasteiger partial charge in [0.1, 0.15) is 5.82 Å². The lowest BCUT2D eigenvalue weighted by Gasteiger charge is -2.17. The van der Waals surface area contributed by atoms with Crippen molar-refractivity contribution in [1.82, 2.24) is 14.5 Å². The van der Waals surface area contributed by atoms with Gasteiger partial charge in [-0.2, -0.15) is 0 Å². The van der Waals surface area contributed by atoms with Gasteiger partial charge in [-0.1, -0.05) is 18.2 Å². The molecule has 0 aliphatic carbocycles. The topological polar surface area (TPSA) is 51.0 Å². The lowest BCUT2D eigenvalue weighted by molar-refractivity contribution is 0.671. The SMILES string of the molecule is Cc1ccnc(-n2ccnc2S(=O)Cc2ccccc2N(C)C)c1. The number of rotatable bonds is 5. The van der Waals surface area contributed by atoms with Crippen molar-refractivity contribution < 1.29 is 4.21 Å². The summed E-state index contributed by atoms with van der Waals surface area (Å²) in [6.45, 7) is 2.01. The second-order valence-corrected chi connectivity index (χ2v) is 7.13. The molecule has 0 N–H and O–H groups in total. The Labute approximate surface area is 144 Å². The number of aromatic nitrogens is 3. The first-order valence-electron chi connectivity index (χ1n) is 7.66. The summed E-state index contributed by atoms with van der Waals surface area (Å²) in [6, 6.07) is 11.9. The highest BCUT2D eigenvalue weighted by Gasteiger charge is 2.16. The first-order valence-corrected chi connectivity index (χ1v) is 8.98. The van der Waals surface area contributed by atoms with Crippen molar-refractivity contribution in [3.8, 4) is 5.82 Å². The van der Waals surface area contributed by atoms with Gasteiger partial charge in [-0.3, -0.25) is 8.78 Å². The summed E-state index contributed by atoms with van der Waals surface area (Å²) in [5.74, 6) is 1.15. The van der Waals surface area contributed by atoms with E-state index in [0.717, 1.165) is 22.6 Å². The van der Waals surface area contributed by atoms with E-state index in [1.165, 1.54) is 0 Å². The third-order valence-corrected chi connectivity index (χ3v) is 5.00. The van der Waals surface area contributed by atoms with Gasteiger partial charge in [-0.15, -0.1) is 0 Å². The molecule has 0 fully saturated rings. The number of pyridine rings is 1. The van der Waals surface area contributed by atoms with Crippen LogP contribution >= 0.6 is 0 Å². The molecule has 0 saturated carbocycles. The van der Waals surface area contributed by atoms with E-state index < -0.39 is 10.8 Å². The predicted octanol–water partition coefficient (Wildman–Crippen LogP) is 2.95. The molecule has 1 unspecified atom stereocenters. The Morgan fingerprint density at radius 3 is 2.67 bits per heavy atom. The predicted molar refractivity (Wildman–Crippen MR) is 97.0 cm³/mol. The molecule has 0 radical (unpaired) electrons. The number of hydrogen-bond acceptors (Lipinski definition) is 4. The van der Waals surface area contributed by atoms with Crippen LogP contribution in [0.4, 0.5) is 5.69 Å². The number of para-hydroxylation sites is 1. The number of benzene rings is 1. The van der Waals surface area contributed by atoms with Crippen LogP contribution in [-0.2, 0) is 16.6 Å². The van der Waals surface area contributed by atoms with Gasteiger partial charge in [0.05, 0.1) is 16.6 Å². The molecule has 6 heteroatoms. The van der Waals surface area contributed by atoms with Crippen LogP contribution in [0.2, 0.25) is 0 Å². The first-order chi connectivity index (χ1) is 11.6. The van der Waals surface area contributed by atoms with Crippen LogP contribution in [0.25, 0.3) is 5.82 Å². The van der Waals surface area contributed by atoms with Gasteiger partial charge in [0.2, 0.25) is 5.16 Å². The van der Waals surface area contributed by atoms with Crippen LogP contribution in [0, 0.1) is 6.92 Å². The van der Waals surface area contributed by atoms with E-state index in [4.69, 9.17) is 0 Å². The summed E-state index contributed by atoms with van der Waals surface area (Å²) in [4.78, 5) is 10.7. The minimum Gasteiger partial charge on any atom is -0.377 e. The summed E-state index contributed by atoms with van der Waals surface area (Å²) in [7, 11) is 2.71. The van der Waals surface area contributed by atoms with Gasteiger partial charge >= 0.3 is 0 Å². The maximum absolute atomic E-state index is 12.9. The van der Waals surface area contributed by atoms with Crippen molar-refractivity contribution in [2.24, 2.45) is 0 Å². The van der Waals surface area contributed by atoms with Crippen LogP contribution in [0.5, 0.6) is 0 Å². The average molecular weight is 340 g/mol. The highest BCUT2D eigenvalue weighted by molar-refractivity contribution is 7.84. The number of aryl methyl sites for hydroxylation is 1. The molecule has 0 saturated heterocycles. The molecule has 0 bridgehead atoms. The van der Waals surface area contributed by atoms with Crippen LogP contribution in [-0.4, -0.2) is 32.8 Å². The number of imidazole rings is 1. The maximum Gasteiger partial charge on any atom is 0.205 e. The van der Waals surface area contributed by atoms with Gasteiger partial charge in [0.25, 0.3) is 0 Å². The standard InChI is InChI=1S/C18H20N4OS/c1-14-8-9-19-17(12-14)22-11-10-20-18(22)24(23)13-15-6-4-5-7-16(15)21(2)3/h4-12H,13H2,1-3H3. The second-order valence-electron chi connectivity index (χ2n) is 5.78. The fourth-order valence-corrected chi connectivity index (χ4v) is 3.77. The number of anilines is 1. The molecule has 0 spiro atoms. The van der Waals surface area contributed by atoms with Gasteiger partial charge in [0, 0.05) is 38.4 Å². The van der Waals surface area contributed by atoms with E-state index in [1.54, 1.807) is 23.2 Å². The summed E-state index contributed by atoms with van der Waals surface area (Å²) in [5.41, 5.74) is 3.20. The van der Waals surface area contributed by atoms with Crippen molar-refractivity contribution in [3.63, 3.8) is 0 Å². The van der Waals surface area contributed by atoms with Gasteiger partial charge in [0.15, 0.2) is 0 Å². The van der Waals surface area contributed by atoms with Crippen LogP contribution < -0.4 is 4.90 Å². The summed E-state index contributed by atoms with van der Waals surface area (Å²) < 4.78 is 14.7. The molecular weight excluding hydrogens is 320 g/mol. The number of nitrogens with zero attached hydrogens (tertiary/aromatic N) is 4. The molecule has 0 aliphatic heterocycles. The highest BCUT2D eigenvalue weighted by atomic mass is 32.2. The molecule has 5 nitrogen and oxygen atoms in total. The Balaban J connectivity index is 1.92. The zero-order valence-electron chi connectivity index (χ0n) is 14.0. The van der Waals surface area contributed by atoms with E-state index in [2.05, 4.69) is 9.97 Å². The molecular formula is C18H20N4OS. The van der Waals surface area contributed by atoms with Crippen molar-refractivity contribution >= 4 is 16.5 Å². The Kier molecular flexibility index (Phi) is 4.76. The molecule has 2 heterocycles. The first kappa shape index (κ1) is 16.4. The molecule has 3 aromatic rings. The lowest BCUT2D eigenvalue weighted by atomic mass is 10.2. The van der Waals surface area contributed by atoms with Crippen molar-refractivity contribution in [3.05, 3.63) is 66.1 Å². The Morgan fingerprint density at radius 2 is 1.92 bits per heavy atom. The molecule has 0 amide bonds. The zero-order valence-corrected chi connectivity index (χ0v) is 14.8. The van der Waals surface area contributed by atoms with Crippen molar-refractivity contribution in [1.29, 1.82) is 0 Å². The van der Waals surface area contributed by atoms with Crippen LogP contribution in [0.15, 0.2) is 60.1 Å². The smallest absolute Gasteiger partial charge is 0.205 e. The minimum absolute atomic E-state index is 0.414. The van der Waals surface area contributed by atoms with E-state index in [0.29, 0.717) is 10.9 Å². The molecule has 0 aliphatic rings. The summed E-state index contributed by atoms with van der Waals surface area (Å²) in [5, 5.41) is 0.515. The average Bonchev–Trinajstić information content (AvgIpc) is 3.05. The maximum atomic E-state index is 12.9. The van der Waals surface area contributed by atoms with E-state index in [-0.39, 0.29) is 0 Å². The van der Waals surface area contributed by atoms with Gasteiger partial charge in [-0.25, -0.2) is 9.97 Å². The largest absolute Gasteiger partial charge is 0.377 e. The summed E-state index contributed by atoms with van der Waals surface area (Å²) >= 11 is 0. The fraction of sp³-hybridized carbons (Fsp3) is 0.222. The molecule has 124 valence electrons. The van der Waals surface area contributed by atoms with Gasteiger partial charge < -0.3 is 4.90 Å². The van der Waals surface area contributed by atoms with Crippen LogP contribution in [0.1, 0.15) is 11.1 Å². The van der Waals surface area contributed by atoms with Gasteiger partial charge in [-0.05, 0) is 36.2 Å². The molecule has 24 heavy (non-hydrogen) atoms. The van der Waals surface area contributed by atoms with E-state index >= 15 is 0 Å². The molecule has 3 rings (SSSR count). The molecule has 1 aromatic carbocycles.